The average molecular weight is 208 g/mol. The van der Waals surface area contributed by atoms with Gasteiger partial charge < -0.3 is 0 Å². The van der Waals surface area contributed by atoms with Crippen molar-refractivity contribution in [2.24, 2.45) is 0 Å². The van der Waals surface area contributed by atoms with Crippen LogP contribution in [0, 0.1) is 6.92 Å². The van der Waals surface area contributed by atoms with E-state index in [0.29, 0.717) is 6.42 Å². The van der Waals surface area contributed by atoms with Gasteiger partial charge in [0.2, 0.25) is 0 Å². The van der Waals surface area contributed by atoms with Gasteiger partial charge in [0.05, 0.1) is 5.69 Å². The average Bonchev–Trinajstić information content (AvgIpc) is 2.18. The van der Waals surface area contributed by atoms with Crippen LogP contribution in [-0.2, 0) is 4.79 Å². The van der Waals surface area contributed by atoms with Gasteiger partial charge >= 0.3 is 0 Å². The molecular formula is C11H16N2O2. The smallest absolute Gasteiger partial charge is 0.267 e. The third-order valence-electron chi connectivity index (χ3n) is 2.28. The predicted molar refractivity (Wildman–Crippen MR) is 57.9 cm³/mol. The quantitative estimate of drug-likeness (QED) is 0.753. The monoisotopic (exact) mass is 208 g/mol. The van der Waals surface area contributed by atoms with Crippen LogP contribution in [0.5, 0.6) is 0 Å². The number of rotatable bonds is 4. The fraction of sp³-hybridized carbons (Fsp3) is 0.545. The highest BCUT2D eigenvalue weighted by molar-refractivity contribution is 5.79. The third-order valence-corrected chi connectivity index (χ3v) is 2.28. The Hall–Kier alpha value is -1.45. The fourth-order valence-electron chi connectivity index (χ4n) is 1.52. The number of carbonyl (C=O) groups is 1. The molecule has 1 rings (SSSR count). The SMILES string of the molecule is CCC[C@@H](C(C)=O)n1nc(C)ccc1=O. The van der Waals surface area contributed by atoms with E-state index in [1.807, 2.05) is 6.92 Å². The van der Waals surface area contributed by atoms with Crippen LogP contribution in [0.3, 0.4) is 0 Å². The zero-order valence-electron chi connectivity index (χ0n) is 9.36. The summed E-state index contributed by atoms with van der Waals surface area (Å²) in [5.74, 6) is -0.0166. The maximum atomic E-state index is 11.5. The minimum Gasteiger partial charge on any atom is -0.298 e. The number of ketones is 1. The van der Waals surface area contributed by atoms with Gasteiger partial charge in [0.1, 0.15) is 6.04 Å². The largest absolute Gasteiger partial charge is 0.298 e. The summed E-state index contributed by atoms with van der Waals surface area (Å²) in [5, 5.41) is 4.10. The molecule has 0 bridgehead atoms. The van der Waals surface area contributed by atoms with Crippen LogP contribution in [0.4, 0.5) is 0 Å². The lowest BCUT2D eigenvalue weighted by molar-refractivity contribution is -0.120. The van der Waals surface area contributed by atoms with E-state index >= 15 is 0 Å². The molecule has 1 atom stereocenters. The molecule has 0 aliphatic rings. The van der Waals surface area contributed by atoms with E-state index in [2.05, 4.69) is 5.10 Å². The lowest BCUT2D eigenvalue weighted by Crippen LogP contribution is -2.30. The summed E-state index contributed by atoms with van der Waals surface area (Å²) in [4.78, 5) is 22.9. The molecule has 1 heterocycles. The van der Waals surface area contributed by atoms with Crippen molar-refractivity contribution in [1.82, 2.24) is 9.78 Å². The summed E-state index contributed by atoms with van der Waals surface area (Å²) in [6.07, 6.45) is 1.51. The Kier molecular flexibility index (Phi) is 3.77. The summed E-state index contributed by atoms with van der Waals surface area (Å²) < 4.78 is 1.29. The Morgan fingerprint density at radius 3 is 2.73 bits per heavy atom. The van der Waals surface area contributed by atoms with Crippen LogP contribution in [0.25, 0.3) is 0 Å². The highest BCUT2D eigenvalue weighted by Crippen LogP contribution is 2.11. The number of carbonyl (C=O) groups excluding carboxylic acids is 1. The van der Waals surface area contributed by atoms with Crippen LogP contribution >= 0.6 is 0 Å². The summed E-state index contributed by atoms with van der Waals surface area (Å²) in [7, 11) is 0. The number of Topliss-reactive ketones (excluding diaryl/α,β-unsaturated/α-hetero) is 1. The highest BCUT2D eigenvalue weighted by Gasteiger charge is 2.17. The Bertz CT molecular complexity index is 409. The Labute approximate surface area is 88.9 Å². The van der Waals surface area contributed by atoms with Crippen molar-refractivity contribution in [2.75, 3.05) is 0 Å². The molecule has 1 aromatic rings. The first-order valence-corrected chi connectivity index (χ1v) is 5.13. The topological polar surface area (TPSA) is 52.0 Å². The molecule has 0 aliphatic carbocycles. The van der Waals surface area contributed by atoms with Crippen molar-refractivity contribution in [3.05, 3.63) is 28.2 Å². The molecule has 0 fully saturated rings. The normalized spacial score (nSPS) is 12.5. The highest BCUT2D eigenvalue weighted by atomic mass is 16.1. The molecule has 1 aromatic heterocycles. The molecule has 82 valence electrons. The number of nitrogens with zero attached hydrogens (tertiary/aromatic N) is 2. The molecule has 0 amide bonds. The second kappa shape index (κ2) is 4.87. The minimum atomic E-state index is -0.414. The second-order valence-electron chi connectivity index (χ2n) is 3.67. The van der Waals surface area contributed by atoms with Crippen LogP contribution < -0.4 is 5.56 Å². The van der Waals surface area contributed by atoms with Gasteiger partial charge in [-0.25, -0.2) is 4.68 Å². The Morgan fingerprint density at radius 1 is 1.53 bits per heavy atom. The zero-order valence-corrected chi connectivity index (χ0v) is 9.36. The van der Waals surface area contributed by atoms with Crippen LogP contribution in [-0.4, -0.2) is 15.6 Å². The van der Waals surface area contributed by atoms with Crippen molar-refractivity contribution in [2.45, 2.75) is 39.7 Å². The Morgan fingerprint density at radius 2 is 2.20 bits per heavy atom. The van der Waals surface area contributed by atoms with E-state index in [0.717, 1.165) is 12.1 Å². The number of hydrogen-bond acceptors (Lipinski definition) is 3. The molecule has 15 heavy (non-hydrogen) atoms. The van der Waals surface area contributed by atoms with Crippen LogP contribution in [0.1, 0.15) is 38.4 Å². The maximum Gasteiger partial charge on any atom is 0.267 e. The summed E-state index contributed by atoms with van der Waals surface area (Å²) in [6.45, 7) is 5.28. The van der Waals surface area contributed by atoms with Crippen molar-refractivity contribution in [1.29, 1.82) is 0 Å². The standard InChI is InChI=1S/C11H16N2O2/c1-4-5-10(9(3)14)13-11(15)7-6-8(2)12-13/h6-7,10H,4-5H2,1-3H3/t10-/m0/s1. The number of aryl methyl sites for hydroxylation is 1. The first kappa shape index (κ1) is 11.6. The van der Waals surface area contributed by atoms with Gasteiger partial charge in [-0.2, -0.15) is 5.10 Å². The van der Waals surface area contributed by atoms with Crippen LogP contribution in [0.2, 0.25) is 0 Å². The van der Waals surface area contributed by atoms with E-state index in [1.165, 1.54) is 17.7 Å². The maximum absolute atomic E-state index is 11.5. The molecule has 0 radical (unpaired) electrons. The molecule has 0 saturated heterocycles. The van der Waals surface area contributed by atoms with Gasteiger partial charge in [-0.05, 0) is 26.3 Å². The fourth-order valence-corrected chi connectivity index (χ4v) is 1.52. The molecular weight excluding hydrogens is 192 g/mol. The van der Waals surface area contributed by atoms with Crippen LogP contribution in [0.15, 0.2) is 16.9 Å². The van der Waals surface area contributed by atoms with Gasteiger partial charge in [-0.1, -0.05) is 13.3 Å². The number of hydrogen-bond donors (Lipinski definition) is 0. The summed E-state index contributed by atoms with van der Waals surface area (Å²) >= 11 is 0. The summed E-state index contributed by atoms with van der Waals surface area (Å²) in [5.41, 5.74) is 0.534. The molecule has 0 unspecified atom stereocenters. The van der Waals surface area contributed by atoms with E-state index in [9.17, 15) is 9.59 Å². The van der Waals surface area contributed by atoms with Gasteiger partial charge in [0.15, 0.2) is 5.78 Å². The van der Waals surface area contributed by atoms with Gasteiger partial charge in [0, 0.05) is 6.07 Å². The molecule has 0 spiro atoms. The molecule has 0 N–H and O–H groups in total. The lowest BCUT2D eigenvalue weighted by atomic mass is 10.1. The van der Waals surface area contributed by atoms with Gasteiger partial charge in [-0.3, -0.25) is 9.59 Å². The van der Waals surface area contributed by atoms with E-state index in [-0.39, 0.29) is 11.3 Å². The minimum absolute atomic E-state index is 0.0166. The van der Waals surface area contributed by atoms with Crippen molar-refractivity contribution >= 4 is 5.78 Å². The van der Waals surface area contributed by atoms with Crippen molar-refractivity contribution < 1.29 is 4.79 Å². The van der Waals surface area contributed by atoms with Crippen molar-refractivity contribution in [3.63, 3.8) is 0 Å². The Balaban J connectivity index is 3.15. The van der Waals surface area contributed by atoms with E-state index < -0.39 is 6.04 Å². The third kappa shape index (κ3) is 2.75. The zero-order chi connectivity index (χ0) is 11.4. The molecule has 0 aliphatic heterocycles. The molecule has 0 aromatic carbocycles. The number of aromatic nitrogens is 2. The first-order valence-electron chi connectivity index (χ1n) is 5.13. The van der Waals surface area contributed by atoms with Crippen molar-refractivity contribution in [3.8, 4) is 0 Å². The molecule has 4 nitrogen and oxygen atoms in total. The molecule has 0 saturated carbocycles. The lowest BCUT2D eigenvalue weighted by Gasteiger charge is -2.14. The van der Waals surface area contributed by atoms with Gasteiger partial charge in [0.25, 0.3) is 5.56 Å². The summed E-state index contributed by atoms with van der Waals surface area (Å²) in [6, 6.07) is 2.69. The predicted octanol–water partition coefficient (Wildman–Crippen LogP) is 1.48. The second-order valence-corrected chi connectivity index (χ2v) is 3.67. The molecule has 4 heteroatoms. The van der Waals surface area contributed by atoms with Gasteiger partial charge in [-0.15, -0.1) is 0 Å². The first-order chi connectivity index (χ1) is 7.06. The van der Waals surface area contributed by atoms with E-state index in [4.69, 9.17) is 0 Å². The van der Waals surface area contributed by atoms with E-state index in [1.54, 1.807) is 13.0 Å².